The minimum absolute atomic E-state index is 0.0692. The topological polar surface area (TPSA) is 49.4 Å². The summed E-state index contributed by atoms with van der Waals surface area (Å²) >= 11 is 0. The second-order valence-corrected chi connectivity index (χ2v) is 10.2. The van der Waals surface area contributed by atoms with Gasteiger partial charge in [0.15, 0.2) is 11.6 Å². The van der Waals surface area contributed by atoms with Crippen LogP contribution in [0.4, 0.5) is 22.0 Å². The van der Waals surface area contributed by atoms with Gasteiger partial charge < -0.3 is 10.2 Å². The van der Waals surface area contributed by atoms with Crippen molar-refractivity contribution in [2.45, 2.75) is 63.1 Å². The van der Waals surface area contributed by atoms with Crippen LogP contribution in [0.25, 0.3) is 0 Å². The largest absolute Gasteiger partial charge is 0.416 e. The van der Waals surface area contributed by atoms with Crippen molar-refractivity contribution in [1.82, 2.24) is 10.2 Å². The van der Waals surface area contributed by atoms with Crippen LogP contribution >= 0.6 is 0 Å². The van der Waals surface area contributed by atoms with Gasteiger partial charge in [0.2, 0.25) is 11.8 Å². The van der Waals surface area contributed by atoms with Crippen LogP contribution < -0.4 is 5.32 Å². The van der Waals surface area contributed by atoms with Gasteiger partial charge in [-0.25, -0.2) is 8.78 Å². The average molecular weight is 509 g/mol. The molecule has 9 heteroatoms. The van der Waals surface area contributed by atoms with E-state index >= 15 is 0 Å². The van der Waals surface area contributed by atoms with Gasteiger partial charge in [0, 0.05) is 36.9 Å². The summed E-state index contributed by atoms with van der Waals surface area (Å²) in [5, 5.41) is 3.04. The molecule has 1 saturated carbocycles. The Morgan fingerprint density at radius 1 is 1.06 bits per heavy atom. The number of amides is 2. The first-order valence-corrected chi connectivity index (χ1v) is 12.1. The van der Waals surface area contributed by atoms with Crippen molar-refractivity contribution in [1.29, 1.82) is 0 Å². The molecular weight excluding hydrogens is 479 g/mol. The molecule has 4 rings (SSSR count). The lowest BCUT2D eigenvalue weighted by Crippen LogP contribution is -2.47. The van der Waals surface area contributed by atoms with Gasteiger partial charge in [-0.3, -0.25) is 9.59 Å². The summed E-state index contributed by atoms with van der Waals surface area (Å²) in [5.41, 5.74) is 0.0328. The molecule has 3 unspecified atom stereocenters. The third-order valence-corrected chi connectivity index (χ3v) is 7.61. The Morgan fingerprint density at radius 2 is 1.69 bits per heavy atom. The smallest absolute Gasteiger partial charge is 0.353 e. The Hall–Kier alpha value is -2.97. The van der Waals surface area contributed by atoms with Crippen LogP contribution in [-0.2, 0) is 21.2 Å². The Labute approximate surface area is 206 Å². The second-order valence-electron chi connectivity index (χ2n) is 10.2. The number of nitrogens with zero attached hydrogens (tertiary/aromatic N) is 1. The summed E-state index contributed by atoms with van der Waals surface area (Å²) in [5.74, 6) is -2.57. The number of halogens is 5. The van der Waals surface area contributed by atoms with Crippen molar-refractivity contribution >= 4 is 11.8 Å². The van der Waals surface area contributed by atoms with E-state index in [-0.39, 0.29) is 36.1 Å². The highest BCUT2D eigenvalue weighted by atomic mass is 19.4. The van der Waals surface area contributed by atoms with Gasteiger partial charge in [0.1, 0.15) is 0 Å². The fraction of sp³-hybridized carbons (Fsp3) is 0.481. The Bertz CT molecular complexity index is 1130. The van der Waals surface area contributed by atoms with Crippen LogP contribution in [0.5, 0.6) is 0 Å². The highest BCUT2D eigenvalue weighted by Crippen LogP contribution is 2.54. The van der Waals surface area contributed by atoms with Gasteiger partial charge in [0.05, 0.1) is 5.56 Å². The first-order chi connectivity index (χ1) is 16.9. The molecule has 1 N–H and O–H groups in total. The lowest BCUT2D eigenvalue weighted by molar-refractivity contribution is -0.137. The maximum atomic E-state index is 13.6. The lowest BCUT2D eigenvalue weighted by atomic mass is 9.94. The number of likely N-dealkylation sites (tertiary alicyclic amines) is 1. The highest BCUT2D eigenvalue weighted by molar-refractivity contribution is 5.84. The summed E-state index contributed by atoms with van der Waals surface area (Å²) in [6.45, 7) is 4.64. The molecule has 0 aromatic heterocycles. The summed E-state index contributed by atoms with van der Waals surface area (Å²) < 4.78 is 65.2. The molecule has 2 aromatic carbocycles. The first kappa shape index (κ1) is 26.1. The second kappa shape index (κ2) is 9.82. The minimum atomic E-state index is -4.39. The predicted molar refractivity (Wildman–Crippen MR) is 124 cm³/mol. The number of benzene rings is 2. The number of hydrogen-bond acceptors (Lipinski definition) is 2. The molecule has 0 bridgehead atoms. The molecule has 0 radical (unpaired) electrons. The van der Waals surface area contributed by atoms with Crippen LogP contribution in [0.2, 0.25) is 0 Å². The summed E-state index contributed by atoms with van der Waals surface area (Å²) in [6.07, 6.45) is -2.45. The van der Waals surface area contributed by atoms with Crippen LogP contribution in [0.15, 0.2) is 42.5 Å². The molecule has 3 atom stereocenters. The predicted octanol–water partition coefficient (Wildman–Crippen LogP) is 5.56. The molecule has 1 heterocycles. The maximum absolute atomic E-state index is 13.6. The standard InChI is InChI=1S/C27H29F5N2O2/c1-16(17-3-5-18(6-4-17)27(30,31)32)13-24(35)34-11-9-20(10-12-34)33-25(36)21-15-26(21,2)19-7-8-22(28)23(29)14-19/h3-8,14,16,20-21H,9-13,15H2,1-2H3,(H,33,36). The zero-order valence-electron chi connectivity index (χ0n) is 20.2. The molecule has 194 valence electrons. The van der Waals surface area contributed by atoms with Crippen molar-refractivity contribution in [3.8, 4) is 0 Å². The van der Waals surface area contributed by atoms with Crippen LogP contribution in [0.3, 0.4) is 0 Å². The number of nitrogens with one attached hydrogen (secondary N) is 1. The van der Waals surface area contributed by atoms with Gasteiger partial charge in [-0.05, 0) is 60.6 Å². The summed E-state index contributed by atoms with van der Waals surface area (Å²) in [7, 11) is 0. The van der Waals surface area contributed by atoms with Gasteiger partial charge in [-0.2, -0.15) is 13.2 Å². The summed E-state index contributed by atoms with van der Waals surface area (Å²) in [4.78, 5) is 27.3. The van der Waals surface area contributed by atoms with Crippen molar-refractivity contribution in [2.24, 2.45) is 5.92 Å². The van der Waals surface area contributed by atoms with Crippen LogP contribution in [-0.4, -0.2) is 35.8 Å². The first-order valence-electron chi connectivity index (χ1n) is 12.1. The molecule has 36 heavy (non-hydrogen) atoms. The van der Waals surface area contributed by atoms with Crippen molar-refractivity contribution in [3.63, 3.8) is 0 Å². The Morgan fingerprint density at radius 3 is 2.28 bits per heavy atom. The van der Waals surface area contributed by atoms with E-state index in [0.29, 0.717) is 43.5 Å². The fourth-order valence-electron chi connectivity index (χ4n) is 5.00. The Kier molecular flexibility index (Phi) is 7.12. The molecule has 2 aliphatic rings. The molecule has 2 amide bonds. The van der Waals surface area contributed by atoms with Crippen molar-refractivity contribution in [2.75, 3.05) is 13.1 Å². The number of rotatable bonds is 6. The lowest BCUT2D eigenvalue weighted by Gasteiger charge is -2.33. The van der Waals surface area contributed by atoms with Crippen LogP contribution in [0.1, 0.15) is 62.1 Å². The molecule has 1 saturated heterocycles. The molecule has 1 aliphatic heterocycles. The SMILES string of the molecule is CC(CC(=O)N1CCC(NC(=O)C2CC2(C)c2ccc(F)c(F)c2)CC1)c1ccc(C(F)(F)F)cc1. The van der Waals surface area contributed by atoms with E-state index in [4.69, 9.17) is 0 Å². The third-order valence-electron chi connectivity index (χ3n) is 7.61. The van der Waals surface area contributed by atoms with Gasteiger partial charge >= 0.3 is 6.18 Å². The molecular formula is C27H29F5N2O2. The van der Waals surface area contributed by atoms with Crippen molar-refractivity contribution < 1.29 is 31.5 Å². The average Bonchev–Trinajstić information content (AvgIpc) is 3.53. The van der Waals surface area contributed by atoms with E-state index in [1.807, 2.05) is 13.8 Å². The molecule has 1 aliphatic carbocycles. The Balaban J connectivity index is 1.24. The number of piperidine rings is 1. The number of carbonyl (C=O) groups excluding carboxylic acids is 2. The van der Waals surface area contributed by atoms with E-state index in [9.17, 15) is 31.5 Å². The van der Waals surface area contributed by atoms with Crippen molar-refractivity contribution in [3.05, 3.63) is 70.8 Å². The van der Waals surface area contributed by atoms with E-state index in [1.165, 1.54) is 18.2 Å². The van der Waals surface area contributed by atoms with Crippen LogP contribution in [0, 0.1) is 17.6 Å². The monoisotopic (exact) mass is 508 g/mol. The molecule has 4 nitrogen and oxygen atoms in total. The van der Waals surface area contributed by atoms with Gasteiger partial charge in [0.25, 0.3) is 0 Å². The fourth-order valence-corrected chi connectivity index (χ4v) is 5.00. The summed E-state index contributed by atoms with van der Waals surface area (Å²) in [6, 6.07) is 8.55. The number of hydrogen-bond donors (Lipinski definition) is 1. The maximum Gasteiger partial charge on any atom is 0.416 e. The zero-order valence-corrected chi connectivity index (χ0v) is 20.2. The van der Waals surface area contributed by atoms with E-state index < -0.39 is 28.8 Å². The highest BCUT2D eigenvalue weighted by Gasteiger charge is 2.56. The van der Waals surface area contributed by atoms with E-state index in [0.717, 1.165) is 24.3 Å². The minimum Gasteiger partial charge on any atom is -0.353 e. The zero-order chi connectivity index (χ0) is 26.3. The number of alkyl halides is 3. The van der Waals surface area contributed by atoms with E-state index in [2.05, 4.69) is 5.32 Å². The van der Waals surface area contributed by atoms with Gasteiger partial charge in [-0.1, -0.05) is 32.0 Å². The van der Waals surface area contributed by atoms with Gasteiger partial charge in [-0.15, -0.1) is 0 Å². The molecule has 0 spiro atoms. The third kappa shape index (κ3) is 5.55. The molecule has 2 aromatic rings. The number of carbonyl (C=O) groups is 2. The molecule has 2 fully saturated rings. The van der Waals surface area contributed by atoms with E-state index in [1.54, 1.807) is 4.90 Å². The quantitative estimate of drug-likeness (QED) is 0.520. The normalized spacial score (nSPS) is 23.3.